The molecule has 1 rings (SSSR count). The van der Waals surface area contributed by atoms with Gasteiger partial charge in [0.15, 0.2) is 0 Å². The van der Waals surface area contributed by atoms with E-state index in [-0.39, 0.29) is 0 Å². The molecule has 0 radical (unpaired) electrons. The Balaban J connectivity index is 2.38. The van der Waals surface area contributed by atoms with Gasteiger partial charge in [0.25, 0.3) is 0 Å². The molecule has 0 amide bonds. The van der Waals surface area contributed by atoms with Gasteiger partial charge >= 0.3 is 0 Å². The molecule has 0 aliphatic heterocycles. The monoisotopic (exact) mass is 200 g/mol. The van der Waals surface area contributed by atoms with Crippen LogP contribution in [0, 0.1) is 23.2 Å². The third kappa shape index (κ3) is 2.69. The average Bonchev–Trinajstić information content (AvgIpc) is 1.97. The highest BCUT2D eigenvalue weighted by atomic mass is 31.0. The minimum Gasteiger partial charge on any atom is -0.134 e. The van der Waals surface area contributed by atoms with Crippen molar-refractivity contribution in [2.45, 2.75) is 53.1 Å². The topological polar surface area (TPSA) is 0 Å². The van der Waals surface area contributed by atoms with Crippen molar-refractivity contribution in [1.29, 1.82) is 0 Å². The largest absolute Gasteiger partial charge is 0.134 e. The Labute approximate surface area is 86.1 Å². The molecule has 1 fully saturated rings. The summed E-state index contributed by atoms with van der Waals surface area (Å²) < 4.78 is 0. The van der Waals surface area contributed by atoms with Gasteiger partial charge in [-0.3, -0.25) is 0 Å². The minimum absolute atomic E-state index is 0.639. The van der Waals surface area contributed by atoms with E-state index in [0.29, 0.717) is 5.41 Å². The van der Waals surface area contributed by atoms with Crippen molar-refractivity contribution in [3.63, 3.8) is 0 Å². The molecule has 78 valence electrons. The van der Waals surface area contributed by atoms with E-state index in [1.165, 1.54) is 12.8 Å². The molecule has 13 heavy (non-hydrogen) atoms. The Hall–Kier alpha value is 0.430. The van der Waals surface area contributed by atoms with Gasteiger partial charge in [-0.05, 0) is 41.7 Å². The molecule has 0 heterocycles. The molecule has 0 aromatic carbocycles. The number of hydrogen-bond donors (Lipinski definition) is 0. The summed E-state index contributed by atoms with van der Waals surface area (Å²) in [7, 11) is 3.04. The van der Waals surface area contributed by atoms with Gasteiger partial charge in [0.05, 0.1) is 0 Å². The molecule has 0 bridgehead atoms. The van der Waals surface area contributed by atoms with Gasteiger partial charge in [-0.25, -0.2) is 0 Å². The van der Waals surface area contributed by atoms with Gasteiger partial charge in [0.2, 0.25) is 0 Å². The summed E-state index contributed by atoms with van der Waals surface area (Å²) in [6, 6.07) is 0. The Kier molecular flexibility index (Phi) is 3.44. The first-order valence-electron chi connectivity index (χ1n) is 5.59. The smallest absolute Gasteiger partial charge is 0.0213 e. The third-order valence-corrected chi connectivity index (χ3v) is 5.13. The van der Waals surface area contributed by atoms with Crippen molar-refractivity contribution < 1.29 is 0 Å². The Morgan fingerprint density at radius 1 is 1.15 bits per heavy atom. The van der Waals surface area contributed by atoms with Crippen LogP contribution in [-0.2, 0) is 0 Å². The van der Waals surface area contributed by atoms with Crippen LogP contribution in [-0.4, -0.2) is 5.66 Å². The van der Waals surface area contributed by atoms with Crippen LogP contribution in [0.15, 0.2) is 0 Å². The van der Waals surface area contributed by atoms with Crippen molar-refractivity contribution in [3.8, 4) is 0 Å². The van der Waals surface area contributed by atoms with Crippen LogP contribution in [0.2, 0.25) is 0 Å². The molecule has 3 unspecified atom stereocenters. The predicted octanol–water partition coefficient (Wildman–Crippen LogP) is 3.96. The summed E-state index contributed by atoms with van der Waals surface area (Å²) in [6.45, 7) is 11.9. The average molecular weight is 200 g/mol. The highest BCUT2D eigenvalue weighted by Crippen LogP contribution is 2.50. The lowest BCUT2D eigenvalue weighted by atomic mass is 9.59. The summed E-state index contributed by atoms with van der Waals surface area (Å²) in [4.78, 5) is 0. The second-order valence-electron chi connectivity index (χ2n) is 6.01. The number of hydrogen-bond acceptors (Lipinski definition) is 0. The minimum atomic E-state index is 0.639. The van der Waals surface area contributed by atoms with Crippen LogP contribution in [0.5, 0.6) is 0 Å². The van der Waals surface area contributed by atoms with E-state index in [1.807, 2.05) is 0 Å². The zero-order chi connectivity index (χ0) is 10.2. The van der Waals surface area contributed by atoms with Gasteiger partial charge in [0.1, 0.15) is 0 Å². The van der Waals surface area contributed by atoms with Gasteiger partial charge in [-0.1, -0.05) is 34.6 Å². The maximum absolute atomic E-state index is 3.04. The normalized spacial score (nSPS) is 27.0. The van der Waals surface area contributed by atoms with E-state index < -0.39 is 0 Å². The standard InChI is InChI=1S/C12H25P/c1-8(2)11(13)9(3)10-6-12(4,5)7-10/h8-11H,6-7,13H2,1-5H3. The van der Waals surface area contributed by atoms with Crippen LogP contribution < -0.4 is 0 Å². The first kappa shape index (κ1) is 11.5. The summed E-state index contributed by atoms with van der Waals surface area (Å²) in [5, 5.41) is 0. The SMILES string of the molecule is CC(C)C(P)C(C)C1CC(C)(C)C1. The third-order valence-electron chi connectivity index (χ3n) is 3.75. The summed E-state index contributed by atoms with van der Waals surface area (Å²) in [5.41, 5.74) is 1.45. The zero-order valence-corrected chi connectivity index (χ0v) is 11.0. The summed E-state index contributed by atoms with van der Waals surface area (Å²) >= 11 is 0. The van der Waals surface area contributed by atoms with Gasteiger partial charge < -0.3 is 0 Å². The van der Waals surface area contributed by atoms with E-state index >= 15 is 0 Å². The fraction of sp³-hybridized carbons (Fsp3) is 1.00. The van der Waals surface area contributed by atoms with Gasteiger partial charge in [-0.15, -0.1) is 9.24 Å². The Morgan fingerprint density at radius 3 is 1.92 bits per heavy atom. The molecule has 1 aliphatic carbocycles. The quantitative estimate of drug-likeness (QED) is 0.605. The highest BCUT2D eigenvalue weighted by molar-refractivity contribution is 7.17. The molecule has 0 N–H and O–H groups in total. The van der Waals surface area contributed by atoms with Crippen molar-refractivity contribution >= 4 is 9.24 Å². The molecule has 1 aliphatic rings. The van der Waals surface area contributed by atoms with Crippen LogP contribution in [0.3, 0.4) is 0 Å². The highest BCUT2D eigenvalue weighted by Gasteiger charge is 2.40. The molecule has 0 aromatic heterocycles. The van der Waals surface area contributed by atoms with E-state index in [0.717, 1.165) is 23.4 Å². The molecule has 1 heteroatoms. The molecule has 0 saturated heterocycles. The van der Waals surface area contributed by atoms with Crippen LogP contribution in [0.1, 0.15) is 47.5 Å². The zero-order valence-electron chi connectivity index (χ0n) is 9.80. The lowest BCUT2D eigenvalue weighted by Crippen LogP contribution is -2.39. The lowest BCUT2D eigenvalue weighted by Gasteiger charge is -2.47. The number of rotatable bonds is 3. The van der Waals surface area contributed by atoms with Crippen LogP contribution >= 0.6 is 9.24 Å². The van der Waals surface area contributed by atoms with E-state index in [1.54, 1.807) is 0 Å². The molecule has 0 nitrogen and oxygen atoms in total. The first-order valence-corrected chi connectivity index (χ1v) is 6.26. The fourth-order valence-corrected chi connectivity index (χ4v) is 2.97. The molecule has 1 saturated carbocycles. The predicted molar refractivity (Wildman–Crippen MR) is 64.0 cm³/mol. The summed E-state index contributed by atoms with van der Waals surface area (Å²) in [6.07, 6.45) is 2.87. The second-order valence-corrected chi connectivity index (χ2v) is 6.78. The first-order chi connectivity index (χ1) is 5.83. The molecule has 0 aromatic rings. The van der Waals surface area contributed by atoms with E-state index in [9.17, 15) is 0 Å². The molecular weight excluding hydrogens is 175 g/mol. The lowest BCUT2D eigenvalue weighted by molar-refractivity contribution is 0.0502. The Morgan fingerprint density at radius 2 is 1.62 bits per heavy atom. The van der Waals surface area contributed by atoms with Crippen molar-refractivity contribution in [2.75, 3.05) is 0 Å². The Bertz CT molecular complexity index is 164. The second kappa shape index (κ2) is 3.89. The van der Waals surface area contributed by atoms with Crippen LogP contribution in [0.25, 0.3) is 0 Å². The van der Waals surface area contributed by atoms with Crippen molar-refractivity contribution in [3.05, 3.63) is 0 Å². The maximum Gasteiger partial charge on any atom is -0.0213 e. The molecular formula is C12H25P. The fourth-order valence-electron chi connectivity index (χ4n) is 2.65. The maximum atomic E-state index is 3.04. The van der Waals surface area contributed by atoms with Gasteiger partial charge in [-0.2, -0.15) is 0 Å². The van der Waals surface area contributed by atoms with Crippen molar-refractivity contribution in [2.24, 2.45) is 23.2 Å². The summed E-state index contributed by atoms with van der Waals surface area (Å²) in [5.74, 6) is 2.68. The van der Waals surface area contributed by atoms with E-state index in [4.69, 9.17) is 0 Å². The van der Waals surface area contributed by atoms with E-state index in [2.05, 4.69) is 43.9 Å². The van der Waals surface area contributed by atoms with Crippen LogP contribution in [0.4, 0.5) is 0 Å². The molecule has 3 atom stereocenters. The van der Waals surface area contributed by atoms with Gasteiger partial charge in [0, 0.05) is 0 Å². The molecule has 0 spiro atoms. The van der Waals surface area contributed by atoms with Crippen molar-refractivity contribution in [1.82, 2.24) is 0 Å².